The highest BCUT2D eigenvalue weighted by Gasteiger charge is 2.15. The topological polar surface area (TPSA) is 103 Å². The first-order chi connectivity index (χ1) is 13.3. The molecule has 3 rings (SSSR count). The van der Waals surface area contributed by atoms with E-state index in [1.165, 1.54) is 30.0 Å². The van der Waals surface area contributed by atoms with E-state index < -0.39 is 4.92 Å². The van der Waals surface area contributed by atoms with E-state index in [-0.39, 0.29) is 28.1 Å². The maximum Gasteiger partial charge on any atom is 0.271 e. The lowest BCUT2D eigenvalue weighted by molar-refractivity contribution is -0.384. The summed E-state index contributed by atoms with van der Waals surface area (Å²) in [6.45, 7) is 4.01. The van der Waals surface area contributed by atoms with Gasteiger partial charge in [0.25, 0.3) is 5.69 Å². The van der Waals surface area contributed by atoms with Crippen molar-refractivity contribution < 1.29 is 9.72 Å². The van der Waals surface area contributed by atoms with E-state index in [4.69, 9.17) is 11.6 Å². The molecular weight excluding hydrogens is 402 g/mol. The molecule has 0 radical (unpaired) electrons. The minimum absolute atomic E-state index is 0.0443. The third-order valence-electron chi connectivity index (χ3n) is 3.90. The molecule has 0 saturated heterocycles. The first-order valence-corrected chi connectivity index (χ1v) is 9.56. The quantitative estimate of drug-likeness (QED) is 0.366. The van der Waals surface area contributed by atoms with Crippen LogP contribution in [0.25, 0.3) is 5.69 Å². The molecule has 0 saturated carbocycles. The lowest BCUT2D eigenvalue weighted by Gasteiger charge is -2.10. The zero-order chi connectivity index (χ0) is 20.3. The molecule has 1 heterocycles. The molecule has 2 aromatic carbocycles. The SMILES string of the molecule is Cc1ccc(-n2cnnc2SCC(=O)Nc2cc([N+](=O)[O-])ccc2Cl)c(C)c1. The Morgan fingerprint density at radius 1 is 1.29 bits per heavy atom. The number of nitro groups is 1. The maximum atomic E-state index is 12.3. The monoisotopic (exact) mass is 417 g/mol. The molecule has 8 nitrogen and oxygen atoms in total. The number of aryl methyl sites for hydroxylation is 2. The molecule has 1 N–H and O–H groups in total. The van der Waals surface area contributed by atoms with Crippen molar-refractivity contribution in [3.63, 3.8) is 0 Å². The smallest absolute Gasteiger partial charge is 0.271 e. The van der Waals surface area contributed by atoms with Gasteiger partial charge < -0.3 is 5.32 Å². The molecule has 0 spiro atoms. The van der Waals surface area contributed by atoms with Gasteiger partial charge in [0.05, 0.1) is 27.1 Å². The van der Waals surface area contributed by atoms with Gasteiger partial charge in [-0.2, -0.15) is 0 Å². The lowest BCUT2D eigenvalue weighted by Crippen LogP contribution is -2.15. The second-order valence-corrected chi connectivity index (χ2v) is 7.38. The summed E-state index contributed by atoms with van der Waals surface area (Å²) in [4.78, 5) is 22.6. The Balaban J connectivity index is 1.70. The predicted octanol–water partition coefficient (Wildman–Crippen LogP) is 4.18. The summed E-state index contributed by atoms with van der Waals surface area (Å²) in [6, 6.07) is 9.90. The van der Waals surface area contributed by atoms with Crippen molar-refractivity contribution in [3.05, 3.63) is 69.0 Å². The number of carbonyl (C=O) groups is 1. The average Bonchev–Trinajstić information content (AvgIpc) is 3.10. The van der Waals surface area contributed by atoms with Crippen LogP contribution in [0, 0.1) is 24.0 Å². The van der Waals surface area contributed by atoms with E-state index in [0.29, 0.717) is 5.16 Å². The van der Waals surface area contributed by atoms with Gasteiger partial charge in [-0.3, -0.25) is 19.5 Å². The Labute approximate surface area is 170 Å². The van der Waals surface area contributed by atoms with Gasteiger partial charge in [-0.05, 0) is 31.5 Å². The van der Waals surface area contributed by atoms with Crippen molar-refractivity contribution in [3.8, 4) is 5.69 Å². The molecule has 0 aliphatic carbocycles. The average molecular weight is 418 g/mol. The van der Waals surface area contributed by atoms with E-state index >= 15 is 0 Å². The first kappa shape index (κ1) is 19.8. The van der Waals surface area contributed by atoms with Crippen LogP contribution in [0.2, 0.25) is 5.02 Å². The minimum atomic E-state index is -0.548. The highest BCUT2D eigenvalue weighted by atomic mass is 35.5. The van der Waals surface area contributed by atoms with Gasteiger partial charge in [0.2, 0.25) is 5.91 Å². The molecule has 144 valence electrons. The lowest BCUT2D eigenvalue weighted by atomic mass is 10.1. The van der Waals surface area contributed by atoms with Crippen LogP contribution < -0.4 is 5.32 Å². The van der Waals surface area contributed by atoms with Gasteiger partial charge in [-0.1, -0.05) is 41.1 Å². The molecular formula is C18H16ClN5O3S. The molecule has 1 amide bonds. The van der Waals surface area contributed by atoms with Crippen LogP contribution in [0.5, 0.6) is 0 Å². The summed E-state index contributed by atoms with van der Waals surface area (Å²) < 4.78 is 1.81. The molecule has 28 heavy (non-hydrogen) atoms. The van der Waals surface area contributed by atoms with Gasteiger partial charge in [-0.25, -0.2) is 0 Å². The van der Waals surface area contributed by atoms with E-state index in [1.54, 1.807) is 6.33 Å². The van der Waals surface area contributed by atoms with Crippen molar-refractivity contribution in [2.45, 2.75) is 19.0 Å². The number of carbonyl (C=O) groups excluding carboxylic acids is 1. The fraction of sp³-hybridized carbons (Fsp3) is 0.167. The zero-order valence-electron chi connectivity index (χ0n) is 15.0. The Morgan fingerprint density at radius 2 is 2.07 bits per heavy atom. The Hall–Kier alpha value is -2.91. The zero-order valence-corrected chi connectivity index (χ0v) is 16.6. The summed E-state index contributed by atoms with van der Waals surface area (Å²) in [5.41, 5.74) is 3.19. The summed E-state index contributed by atoms with van der Waals surface area (Å²) in [7, 11) is 0. The van der Waals surface area contributed by atoms with Crippen LogP contribution in [-0.2, 0) is 4.79 Å². The number of halogens is 1. The van der Waals surface area contributed by atoms with Crippen molar-refractivity contribution in [1.82, 2.24) is 14.8 Å². The number of benzene rings is 2. The number of thioether (sulfide) groups is 1. The normalized spacial score (nSPS) is 10.7. The van der Waals surface area contributed by atoms with Crippen molar-refractivity contribution in [1.29, 1.82) is 0 Å². The number of nitrogens with one attached hydrogen (secondary N) is 1. The van der Waals surface area contributed by atoms with E-state index in [9.17, 15) is 14.9 Å². The van der Waals surface area contributed by atoms with Crippen LogP contribution in [0.15, 0.2) is 47.9 Å². The highest BCUT2D eigenvalue weighted by molar-refractivity contribution is 7.99. The second kappa shape index (κ2) is 8.41. The van der Waals surface area contributed by atoms with Gasteiger partial charge in [0.15, 0.2) is 5.16 Å². The molecule has 0 fully saturated rings. The number of rotatable bonds is 6. The number of hydrogen-bond donors (Lipinski definition) is 1. The van der Waals surface area contributed by atoms with E-state index in [2.05, 4.69) is 21.6 Å². The Bertz CT molecular complexity index is 1050. The van der Waals surface area contributed by atoms with Crippen LogP contribution in [0.4, 0.5) is 11.4 Å². The minimum Gasteiger partial charge on any atom is -0.324 e. The first-order valence-electron chi connectivity index (χ1n) is 8.19. The third kappa shape index (κ3) is 4.49. The molecule has 0 aliphatic heterocycles. The number of nitro benzene ring substituents is 1. The van der Waals surface area contributed by atoms with Gasteiger partial charge in [-0.15, -0.1) is 10.2 Å². The summed E-state index contributed by atoms with van der Waals surface area (Å²) in [5.74, 6) is -0.314. The summed E-state index contributed by atoms with van der Waals surface area (Å²) >= 11 is 7.22. The fourth-order valence-electron chi connectivity index (χ4n) is 2.60. The third-order valence-corrected chi connectivity index (χ3v) is 5.17. The standard InChI is InChI=1S/C18H16ClN5O3S/c1-11-3-6-16(12(2)7-11)23-10-20-22-18(23)28-9-17(25)21-15-8-13(24(26)27)4-5-14(15)19/h3-8,10H,9H2,1-2H3,(H,21,25). The van der Waals surface area contributed by atoms with Gasteiger partial charge >= 0.3 is 0 Å². The van der Waals surface area contributed by atoms with Crippen LogP contribution in [0.1, 0.15) is 11.1 Å². The fourth-order valence-corrected chi connectivity index (χ4v) is 3.49. The molecule has 0 atom stereocenters. The predicted molar refractivity (Wildman–Crippen MR) is 108 cm³/mol. The molecule has 0 aliphatic rings. The van der Waals surface area contributed by atoms with Crippen LogP contribution in [-0.4, -0.2) is 31.3 Å². The van der Waals surface area contributed by atoms with Crippen LogP contribution >= 0.6 is 23.4 Å². The van der Waals surface area contributed by atoms with E-state index in [0.717, 1.165) is 16.8 Å². The molecule has 10 heteroatoms. The van der Waals surface area contributed by atoms with Crippen molar-refractivity contribution in [2.75, 3.05) is 11.1 Å². The number of amides is 1. The second-order valence-electron chi connectivity index (χ2n) is 6.03. The van der Waals surface area contributed by atoms with Gasteiger partial charge in [0, 0.05) is 12.1 Å². The number of nitrogens with zero attached hydrogens (tertiary/aromatic N) is 4. The number of anilines is 1. The Kier molecular flexibility index (Phi) is 5.96. The highest BCUT2D eigenvalue weighted by Crippen LogP contribution is 2.27. The van der Waals surface area contributed by atoms with Gasteiger partial charge in [0.1, 0.15) is 6.33 Å². The summed E-state index contributed by atoms with van der Waals surface area (Å²) in [5, 5.41) is 22.3. The maximum absolute atomic E-state index is 12.3. The summed E-state index contributed by atoms with van der Waals surface area (Å²) in [6.07, 6.45) is 1.59. The number of aromatic nitrogens is 3. The van der Waals surface area contributed by atoms with E-state index in [1.807, 2.05) is 30.5 Å². The Morgan fingerprint density at radius 3 is 2.79 bits per heavy atom. The number of non-ortho nitro benzene ring substituents is 1. The molecule has 3 aromatic rings. The molecule has 0 bridgehead atoms. The van der Waals surface area contributed by atoms with Crippen molar-refractivity contribution in [2.24, 2.45) is 0 Å². The largest absolute Gasteiger partial charge is 0.324 e. The van der Waals surface area contributed by atoms with Crippen LogP contribution in [0.3, 0.4) is 0 Å². The molecule has 0 unspecified atom stereocenters. The number of hydrogen-bond acceptors (Lipinski definition) is 6. The molecule has 1 aromatic heterocycles. The van der Waals surface area contributed by atoms with Crippen molar-refractivity contribution >= 4 is 40.6 Å².